The minimum absolute atomic E-state index is 0.106. The van der Waals surface area contributed by atoms with Gasteiger partial charge >= 0.3 is 0 Å². The van der Waals surface area contributed by atoms with Crippen molar-refractivity contribution in [1.82, 2.24) is 5.32 Å². The third-order valence-electron chi connectivity index (χ3n) is 4.58. The summed E-state index contributed by atoms with van der Waals surface area (Å²) in [4.78, 5) is 24.7. The van der Waals surface area contributed by atoms with Crippen molar-refractivity contribution in [1.29, 1.82) is 0 Å². The van der Waals surface area contributed by atoms with Crippen molar-refractivity contribution in [3.8, 4) is 0 Å². The van der Waals surface area contributed by atoms with Crippen LogP contribution in [0.3, 0.4) is 0 Å². The Morgan fingerprint density at radius 3 is 1.85 bits per heavy atom. The fourth-order valence-electron chi connectivity index (χ4n) is 3.04. The summed E-state index contributed by atoms with van der Waals surface area (Å²) in [5.41, 5.74) is 2.88. The van der Waals surface area contributed by atoms with E-state index in [2.05, 4.69) is 19.2 Å². The highest BCUT2D eigenvalue weighted by molar-refractivity contribution is 6.24. The van der Waals surface area contributed by atoms with Crippen LogP contribution in [0.5, 0.6) is 0 Å². The van der Waals surface area contributed by atoms with E-state index in [0.717, 1.165) is 43.4 Å². The molecule has 0 saturated carbocycles. The van der Waals surface area contributed by atoms with Crippen molar-refractivity contribution in [3.05, 3.63) is 22.3 Å². The Hall–Kier alpha value is -1.22. The maximum Gasteiger partial charge on any atom is 0.185 e. The van der Waals surface area contributed by atoms with E-state index in [1.54, 1.807) is 13.8 Å². The van der Waals surface area contributed by atoms with Gasteiger partial charge < -0.3 is 5.32 Å². The zero-order chi connectivity index (χ0) is 14.9. The lowest BCUT2D eigenvalue weighted by Gasteiger charge is -2.18. The van der Waals surface area contributed by atoms with Gasteiger partial charge in [0.1, 0.15) is 0 Å². The van der Waals surface area contributed by atoms with Gasteiger partial charge in [-0.05, 0) is 52.0 Å². The van der Waals surface area contributed by atoms with Crippen molar-refractivity contribution < 1.29 is 9.59 Å². The minimum Gasteiger partial charge on any atom is -0.314 e. The molecule has 0 fully saturated rings. The minimum atomic E-state index is 0.106. The first-order valence-corrected chi connectivity index (χ1v) is 7.64. The predicted octanol–water partition coefficient (Wildman–Crippen LogP) is 2.96. The van der Waals surface area contributed by atoms with Crippen LogP contribution < -0.4 is 5.32 Å². The molecule has 0 spiro atoms. The van der Waals surface area contributed by atoms with Crippen LogP contribution >= 0.6 is 0 Å². The Morgan fingerprint density at radius 1 is 1.00 bits per heavy atom. The molecule has 110 valence electrons. The molecule has 0 aliphatic heterocycles. The average Bonchev–Trinajstić information content (AvgIpc) is 2.63. The van der Waals surface area contributed by atoms with Gasteiger partial charge in [0, 0.05) is 28.3 Å². The standard InChI is InChI=1S/C17H25NO2/c1-10(2)18-9-13-5-7-14-15(8-6-13)17(20)12(4)11(3)16(14)19/h10,13,18H,5-9H2,1-4H3. The number of allylic oxidation sites excluding steroid dienone is 4. The van der Waals surface area contributed by atoms with Gasteiger partial charge in [0.25, 0.3) is 0 Å². The number of ketones is 2. The van der Waals surface area contributed by atoms with Crippen molar-refractivity contribution >= 4 is 11.6 Å². The molecule has 3 nitrogen and oxygen atoms in total. The first kappa shape index (κ1) is 15.2. The Balaban J connectivity index is 2.11. The van der Waals surface area contributed by atoms with Gasteiger partial charge in [0.05, 0.1) is 0 Å². The van der Waals surface area contributed by atoms with Gasteiger partial charge in [0.2, 0.25) is 0 Å². The first-order valence-electron chi connectivity index (χ1n) is 7.64. The Labute approximate surface area is 121 Å². The van der Waals surface area contributed by atoms with Crippen molar-refractivity contribution in [2.75, 3.05) is 6.54 Å². The highest BCUT2D eigenvalue weighted by atomic mass is 16.1. The highest BCUT2D eigenvalue weighted by Crippen LogP contribution is 2.35. The first-order chi connectivity index (χ1) is 9.41. The van der Waals surface area contributed by atoms with E-state index < -0.39 is 0 Å². The van der Waals surface area contributed by atoms with Gasteiger partial charge in [-0.1, -0.05) is 13.8 Å². The van der Waals surface area contributed by atoms with E-state index >= 15 is 0 Å². The maximum absolute atomic E-state index is 12.4. The molecule has 0 saturated heterocycles. The van der Waals surface area contributed by atoms with Crippen LogP contribution in [0, 0.1) is 5.92 Å². The van der Waals surface area contributed by atoms with Crippen LogP contribution in [-0.4, -0.2) is 24.2 Å². The topological polar surface area (TPSA) is 46.2 Å². The van der Waals surface area contributed by atoms with Gasteiger partial charge in [-0.3, -0.25) is 9.59 Å². The molecule has 0 bridgehead atoms. The summed E-state index contributed by atoms with van der Waals surface area (Å²) in [5, 5.41) is 3.47. The van der Waals surface area contributed by atoms with Crippen LogP contribution in [0.4, 0.5) is 0 Å². The van der Waals surface area contributed by atoms with Crippen LogP contribution in [0.25, 0.3) is 0 Å². The highest BCUT2D eigenvalue weighted by Gasteiger charge is 2.32. The molecule has 1 N–H and O–H groups in total. The van der Waals surface area contributed by atoms with Gasteiger partial charge in [0.15, 0.2) is 11.6 Å². The molecule has 0 aromatic heterocycles. The third kappa shape index (κ3) is 2.93. The second-order valence-corrected chi connectivity index (χ2v) is 6.37. The average molecular weight is 275 g/mol. The summed E-state index contributed by atoms with van der Waals surface area (Å²) in [5.74, 6) is 0.772. The van der Waals surface area contributed by atoms with Crippen LogP contribution in [0.15, 0.2) is 22.3 Å². The number of carbonyl (C=O) groups is 2. The third-order valence-corrected chi connectivity index (χ3v) is 4.58. The van der Waals surface area contributed by atoms with E-state index in [0.29, 0.717) is 23.1 Å². The van der Waals surface area contributed by atoms with Crippen molar-refractivity contribution in [3.63, 3.8) is 0 Å². The lowest BCUT2D eigenvalue weighted by Crippen LogP contribution is -2.28. The summed E-state index contributed by atoms with van der Waals surface area (Å²) in [6.45, 7) is 8.82. The fourth-order valence-corrected chi connectivity index (χ4v) is 3.04. The Bertz CT molecular complexity index is 459. The summed E-state index contributed by atoms with van der Waals surface area (Å²) in [6, 6.07) is 0.482. The molecule has 0 aromatic rings. The van der Waals surface area contributed by atoms with Crippen molar-refractivity contribution in [2.45, 2.75) is 59.4 Å². The number of carbonyl (C=O) groups excluding carboxylic acids is 2. The number of nitrogens with one attached hydrogen (secondary N) is 1. The quantitative estimate of drug-likeness (QED) is 0.805. The smallest absolute Gasteiger partial charge is 0.185 e. The van der Waals surface area contributed by atoms with Gasteiger partial charge in [-0.2, -0.15) is 0 Å². The summed E-state index contributed by atoms with van der Waals surface area (Å²) in [6.07, 6.45) is 3.53. The maximum atomic E-state index is 12.4. The van der Waals surface area contributed by atoms with Crippen LogP contribution in [-0.2, 0) is 9.59 Å². The van der Waals surface area contributed by atoms with Crippen LogP contribution in [0.1, 0.15) is 53.4 Å². The number of hydrogen-bond donors (Lipinski definition) is 1. The summed E-state index contributed by atoms with van der Waals surface area (Å²) < 4.78 is 0. The molecule has 2 aliphatic rings. The molecule has 0 amide bonds. The van der Waals surface area contributed by atoms with E-state index in [9.17, 15) is 9.59 Å². The normalized spacial score (nSPS) is 21.6. The molecule has 3 heteroatoms. The molecular formula is C17H25NO2. The van der Waals surface area contributed by atoms with E-state index in [4.69, 9.17) is 0 Å². The number of hydrogen-bond acceptors (Lipinski definition) is 3. The lowest BCUT2D eigenvalue weighted by atomic mass is 9.83. The monoisotopic (exact) mass is 275 g/mol. The molecule has 2 rings (SSSR count). The lowest BCUT2D eigenvalue weighted by molar-refractivity contribution is -0.116. The zero-order valence-corrected chi connectivity index (χ0v) is 13.0. The zero-order valence-electron chi connectivity index (χ0n) is 13.0. The van der Waals surface area contributed by atoms with Gasteiger partial charge in [-0.15, -0.1) is 0 Å². The predicted molar refractivity (Wildman–Crippen MR) is 80.5 cm³/mol. The summed E-state index contributed by atoms with van der Waals surface area (Å²) in [7, 11) is 0. The van der Waals surface area contributed by atoms with Gasteiger partial charge in [-0.25, -0.2) is 0 Å². The largest absolute Gasteiger partial charge is 0.314 e. The molecule has 0 aromatic carbocycles. The number of rotatable bonds is 3. The Morgan fingerprint density at radius 2 is 1.45 bits per heavy atom. The molecule has 2 aliphatic carbocycles. The number of Topliss-reactive ketones (excluding diaryl/α,β-unsaturated/α-hetero) is 2. The molecule has 0 unspecified atom stereocenters. The second kappa shape index (κ2) is 6.04. The molecule has 0 heterocycles. The molecule has 0 radical (unpaired) electrons. The SMILES string of the molecule is CC1=C(C)C(=O)C2=C(CCC(CNC(C)C)CC2)C1=O. The van der Waals surface area contributed by atoms with E-state index in [-0.39, 0.29) is 11.6 Å². The fraction of sp³-hybridized carbons (Fsp3) is 0.647. The molecular weight excluding hydrogens is 250 g/mol. The van der Waals surface area contributed by atoms with E-state index in [1.807, 2.05) is 0 Å². The second-order valence-electron chi connectivity index (χ2n) is 6.37. The summed E-state index contributed by atoms with van der Waals surface area (Å²) >= 11 is 0. The van der Waals surface area contributed by atoms with Crippen molar-refractivity contribution in [2.24, 2.45) is 5.92 Å². The van der Waals surface area contributed by atoms with E-state index in [1.165, 1.54) is 0 Å². The molecule has 20 heavy (non-hydrogen) atoms. The Kier molecular flexibility index (Phi) is 4.59. The van der Waals surface area contributed by atoms with Crippen LogP contribution in [0.2, 0.25) is 0 Å². The molecule has 0 atom stereocenters.